The lowest BCUT2D eigenvalue weighted by Crippen LogP contribution is -2.51. The van der Waals surface area contributed by atoms with Gasteiger partial charge >= 0.3 is 6.18 Å². The zero-order valence-electron chi connectivity index (χ0n) is 18.6. The van der Waals surface area contributed by atoms with E-state index in [4.69, 9.17) is 12.2 Å². The summed E-state index contributed by atoms with van der Waals surface area (Å²) in [6.07, 6.45) is 1.02. The first-order valence-corrected chi connectivity index (χ1v) is 11.2. The van der Waals surface area contributed by atoms with Gasteiger partial charge in [0.15, 0.2) is 0 Å². The molecule has 1 aliphatic heterocycles. The van der Waals surface area contributed by atoms with Crippen LogP contribution in [-0.4, -0.2) is 66.3 Å². The summed E-state index contributed by atoms with van der Waals surface area (Å²) < 4.78 is 37.9. The van der Waals surface area contributed by atoms with Crippen LogP contribution in [0.1, 0.15) is 53.9 Å². The second-order valence-corrected chi connectivity index (χ2v) is 8.64. The van der Waals surface area contributed by atoms with Crippen molar-refractivity contribution in [1.29, 1.82) is 0 Å². The van der Waals surface area contributed by atoms with Crippen molar-refractivity contribution in [2.45, 2.75) is 72.1 Å². The van der Waals surface area contributed by atoms with E-state index < -0.39 is 12.7 Å². The molecule has 1 fully saturated rings. The summed E-state index contributed by atoms with van der Waals surface area (Å²) in [5.74, 6) is 2.03. The van der Waals surface area contributed by atoms with Crippen molar-refractivity contribution in [3.63, 3.8) is 0 Å². The van der Waals surface area contributed by atoms with Crippen molar-refractivity contribution in [3.05, 3.63) is 11.9 Å². The summed E-state index contributed by atoms with van der Waals surface area (Å²) in [5.41, 5.74) is 1.61. The molecule has 0 aliphatic carbocycles. The summed E-state index contributed by atoms with van der Waals surface area (Å²) in [6.45, 7) is 12.1. The number of nitrogens with zero attached hydrogens (tertiary/aromatic N) is 2. The maximum absolute atomic E-state index is 12.6. The molecular weight excluding hydrogens is 397 g/mol. The van der Waals surface area contributed by atoms with Gasteiger partial charge in [-0.15, -0.1) is 0 Å². The van der Waals surface area contributed by atoms with Crippen LogP contribution in [0, 0.1) is 11.8 Å². The summed E-state index contributed by atoms with van der Waals surface area (Å²) in [7, 11) is 0. The predicted octanol–water partition coefficient (Wildman–Crippen LogP) is 4.38. The highest BCUT2D eigenvalue weighted by molar-refractivity contribution is 7.78. The summed E-state index contributed by atoms with van der Waals surface area (Å²) >= 11 is 4.98. The molecule has 4 nitrogen and oxygen atoms in total. The molecule has 0 aromatic rings. The van der Waals surface area contributed by atoms with Crippen molar-refractivity contribution < 1.29 is 13.2 Å². The second kappa shape index (κ2) is 12.6. The average molecular weight is 437 g/mol. The van der Waals surface area contributed by atoms with Crippen LogP contribution in [0.25, 0.3) is 0 Å². The average Bonchev–Trinajstić information content (AvgIpc) is 2.66. The molecule has 1 rings (SSSR count). The predicted molar refractivity (Wildman–Crippen MR) is 119 cm³/mol. The monoisotopic (exact) mass is 436 g/mol. The lowest BCUT2D eigenvalue weighted by atomic mass is 9.90. The fourth-order valence-electron chi connectivity index (χ4n) is 3.79. The third kappa shape index (κ3) is 9.55. The number of piperazine rings is 1. The summed E-state index contributed by atoms with van der Waals surface area (Å²) in [5, 5.41) is 6.99. The van der Waals surface area contributed by atoms with Gasteiger partial charge in [0.05, 0.1) is 17.9 Å². The minimum Gasteiger partial charge on any atom is -0.379 e. The van der Waals surface area contributed by atoms with E-state index in [9.17, 15) is 13.2 Å². The summed E-state index contributed by atoms with van der Waals surface area (Å²) in [4.78, 5) is 3.66. The molecule has 0 bridgehead atoms. The molecule has 8 heteroatoms. The maximum Gasteiger partial charge on any atom is 0.401 e. The normalized spacial score (nSPS) is 19.8. The molecule has 1 aliphatic rings. The van der Waals surface area contributed by atoms with Crippen molar-refractivity contribution in [2.75, 3.05) is 32.7 Å². The van der Waals surface area contributed by atoms with Gasteiger partial charge in [0.25, 0.3) is 0 Å². The quantitative estimate of drug-likeness (QED) is 0.443. The number of rotatable bonds is 12. The van der Waals surface area contributed by atoms with Crippen LogP contribution in [-0.2, 0) is 0 Å². The molecule has 0 saturated carbocycles. The number of hydrogen-bond donors (Lipinski definition) is 2. The Kier molecular flexibility index (Phi) is 11.3. The minimum absolute atomic E-state index is 0.313. The second-order valence-electron chi connectivity index (χ2n) is 8.40. The molecule has 170 valence electrons. The smallest absolute Gasteiger partial charge is 0.379 e. The van der Waals surface area contributed by atoms with Crippen molar-refractivity contribution >= 4 is 17.7 Å². The Bertz CT molecular complexity index is 503. The van der Waals surface area contributed by atoms with E-state index >= 15 is 0 Å². The Morgan fingerprint density at radius 2 is 1.66 bits per heavy atom. The molecule has 0 spiro atoms. The van der Waals surface area contributed by atoms with Gasteiger partial charge in [-0.1, -0.05) is 46.3 Å². The van der Waals surface area contributed by atoms with Crippen molar-refractivity contribution in [3.8, 4) is 0 Å². The van der Waals surface area contributed by atoms with E-state index in [2.05, 4.69) is 43.2 Å². The highest BCUT2D eigenvalue weighted by Gasteiger charge is 2.32. The van der Waals surface area contributed by atoms with E-state index in [1.54, 1.807) is 5.49 Å². The Labute approximate surface area is 180 Å². The lowest BCUT2D eigenvalue weighted by Gasteiger charge is -2.39. The number of halogens is 3. The van der Waals surface area contributed by atoms with Crippen molar-refractivity contribution in [2.24, 2.45) is 11.8 Å². The SMILES string of the molecule is C/C=C(\NC(CCC(NC=S)C(C)C)C(C)CC)N1CCN(CC(F)(F)F)CC1. The van der Waals surface area contributed by atoms with Gasteiger partial charge in [-0.05, 0) is 37.7 Å². The molecule has 0 aromatic carbocycles. The van der Waals surface area contributed by atoms with E-state index in [-0.39, 0.29) is 0 Å². The number of alkyl halides is 3. The molecule has 3 unspecified atom stereocenters. The third-order valence-electron chi connectivity index (χ3n) is 5.93. The van der Waals surface area contributed by atoms with E-state index in [1.165, 1.54) is 4.90 Å². The summed E-state index contributed by atoms with van der Waals surface area (Å²) in [6, 6.07) is 0.661. The first kappa shape index (κ1) is 26.0. The van der Waals surface area contributed by atoms with Gasteiger partial charge < -0.3 is 15.5 Å². The number of allylic oxidation sites excluding steroid dienone is 1. The van der Waals surface area contributed by atoms with Crippen LogP contribution >= 0.6 is 12.2 Å². The zero-order valence-corrected chi connectivity index (χ0v) is 19.4. The van der Waals surface area contributed by atoms with Crippen LogP contribution in [0.15, 0.2) is 11.9 Å². The highest BCUT2D eigenvalue weighted by Crippen LogP contribution is 2.21. The first-order chi connectivity index (χ1) is 13.6. The van der Waals surface area contributed by atoms with E-state index in [0.29, 0.717) is 50.1 Å². The van der Waals surface area contributed by atoms with Gasteiger partial charge in [0.1, 0.15) is 0 Å². The van der Waals surface area contributed by atoms with Crippen LogP contribution in [0.2, 0.25) is 0 Å². The molecule has 1 heterocycles. The topological polar surface area (TPSA) is 30.5 Å². The Hall–Kier alpha value is -1.02. The van der Waals surface area contributed by atoms with Crippen LogP contribution in [0.4, 0.5) is 13.2 Å². The van der Waals surface area contributed by atoms with E-state index in [1.807, 2.05) is 13.0 Å². The van der Waals surface area contributed by atoms with Gasteiger partial charge in [0, 0.05) is 38.3 Å². The van der Waals surface area contributed by atoms with E-state index in [0.717, 1.165) is 25.1 Å². The Morgan fingerprint density at radius 1 is 1.07 bits per heavy atom. The maximum atomic E-state index is 12.6. The van der Waals surface area contributed by atoms with Gasteiger partial charge in [-0.3, -0.25) is 4.90 Å². The molecule has 0 amide bonds. The van der Waals surface area contributed by atoms with Crippen LogP contribution in [0.5, 0.6) is 0 Å². The minimum atomic E-state index is -4.13. The highest BCUT2D eigenvalue weighted by atomic mass is 32.1. The fourth-order valence-corrected chi connectivity index (χ4v) is 3.96. The largest absolute Gasteiger partial charge is 0.401 e. The molecule has 29 heavy (non-hydrogen) atoms. The zero-order chi connectivity index (χ0) is 22.0. The third-order valence-corrected chi connectivity index (χ3v) is 6.07. The van der Waals surface area contributed by atoms with Gasteiger partial charge in [0.2, 0.25) is 0 Å². The Morgan fingerprint density at radius 3 is 2.10 bits per heavy atom. The molecule has 2 N–H and O–H groups in total. The van der Waals surface area contributed by atoms with Gasteiger partial charge in [-0.2, -0.15) is 13.2 Å². The fraction of sp³-hybridized carbons (Fsp3) is 0.857. The van der Waals surface area contributed by atoms with Crippen LogP contribution < -0.4 is 10.6 Å². The standard InChI is InChI=1S/C21H39F3N4S/c1-6-17(5)19(9-8-18(16(3)4)25-15-29)26-20(7-2)28-12-10-27(11-13-28)14-21(22,23)24/h7,15-19,26H,6,8-14H2,1-5H3,(H,25,29)/b20-7+. The van der Waals surface area contributed by atoms with Gasteiger partial charge in [-0.25, -0.2) is 0 Å². The number of hydrogen-bond acceptors (Lipinski definition) is 4. The number of nitrogens with one attached hydrogen (secondary N) is 2. The molecule has 0 aromatic heterocycles. The Balaban J connectivity index is 2.68. The van der Waals surface area contributed by atoms with Crippen LogP contribution in [0.3, 0.4) is 0 Å². The first-order valence-electron chi connectivity index (χ1n) is 10.8. The molecule has 0 radical (unpaired) electrons. The molecular formula is C21H39F3N4S. The molecule has 1 saturated heterocycles. The lowest BCUT2D eigenvalue weighted by molar-refractivity contribution is -0.148. The molecule has 3 atom stereocenters. The van der Waals surface area contributed by atoms with Crippen molar-refractivity contribution in [1.82, 2.24) is 20.4 Å². The number of thiocarbonyl (C=S) groups is 1.